The lowest BCUT2D eigenvalue weighted by molar-refractivity contribution is -0.134. The van der Waals surface area contributed by atoms with Crippen molar-refractivity contribution in [2.45, 2.75) is 51.5 Å². The zero-order valence-corrected chi connectivity index (χ0v) is 18.0. The summed E-state index contributed by atoms with van der Waals surface area (Å²) < 4.78 is 0. The molecule has 164 valence electrons. The van der Waals surface area contributed by atoms with Crippen LogP contribution in [-0.2, 0) is 4.79 Å². The van der Waals surface area contributed by atoms with Crippen molar-refractivity contribution < 1.29 is 9.59 Å². The number of nitrogens with one attached hydrogen (secondary N) is 3. The summed E-state index contributed by atoms with van der Waals surface area (Å²) in [5.74, 6) is 1.32. The summed E-state index contributed by atoms with van der Waals surface area (Å²) in [6.07, 6.45) is 6.21. The van der Waals surface area contributed by atoms with E-state index in [9.17, 15) is 9.59 Å². The maximum Gasteiger partial charge on any atom is 0.251 e. The fourth-order valence-corrected chi connectivity index (χ4v) is 4.19. The van der Waals surface area contributed by atoms with Crippen LogP contribution in [0.2, 0.25) is 0 Å². The molecule has 1 atom stereocenters. The quantitative estimate of drug-likeness (QED) is 0.346. The Morgan fingerprint density at radius 1 is 1.10 bits per heavy atom. The van der Waals surface area contributed by atoms with E-state index in [1.165, 1.54) is 12.8 Å². The maximum atomic E-state index is 12.6. The summed E-state index contributed by atoms with van der Waals surface area (Å²) in [6.45, 7) is 5.63. The van der Waals surface area contributed by atoms with Crippen LogP contribution >= 0.6 is 0 Å². The first-order valence-electron chi connectivity index (χ1n) is 11.3. The second-order valence-electron chi connectivity index (χ2n) is 8.13. The van der Waals surface area contributed by atoms with Crippen LogP contribution in [0.1, 0.15) is 55.8 Å². The molecule has 0 aromatic heterocycles. The topological polar surface area (TPSA) is 85.8 Å². The van der Waals surface area contributed by atoms with Crippen molar-refractivity contribution in [2.24, 2.45) is 10.9 Å². The largest absolute Gasteiger partial charge is 0.357 e. The highest BCUT2D eigenvalue weighted by atomic mass is 16.2. The smallest absolute Gasteiger partial charge is 0.251 e. The Labute approximate surface area is 179 Å². The molecule has 1 aromatic rings. The van der Waals surface area contributed by atoms with Crippen LogP contribution in [0.4, 0.5) is 0 Å². The van der Waals surface area contributed by atoms with Gasteiger partial charge in [-0.15, -0.1) is 0 Å². The van der Waals surface area contributed by atoms with Gasteiger partial charge in [-0.05, 0) is 44.7 Å². The van der Waals surface area contributed by atoms with E-state index in [-0.39, 0.29) is 17.9 Å². The number of benzene rings is 1. The Morgan fingerprint density at radius 3 is 2.60 bits per heavy atom. The van der Waals surface area contributed by atoms with E-state index in [2.05, 4.69) is 20.9 Å². The first kappa shape index (κ1) is 22.1. The third kappa shape index (κ3) is 6.47. The number of rotatable bonds is 8. The monoisotopic (exact) mass is 413 g/mol. The Hall–Kier alpha value is -2.57. The van der Waals surface area contributed by atoms with Gasteiger partial charge in [-0.2, -0.15) is 0 Å². The standard InChI is InChI=1S/C23H35N5O2/c1-2-24-23(26-15-8-14-25-21(29)18-9-4-3-5-10-18)27-20-13-16-28(17-20)22(30)19-11-6-7-12-19/h3-5,9-10,19-20H,2,6-8,11-17H2,1H3,(H,25,29)(H2,24,26,27). The SMILES string of the molecule is CCNC(=NCCCNC(=O)c1ccccc1)NC1CCN(C(=O)C2CCCC2)C1. The highest BCUT2D eigenvalue weighted by Gasteiger charge is 2.32. The number of likely N-dealkylation sites (tertiary alicyclic amines) is 1. The van der Waals surface area contributed by atoms with Crippen LogP contribution in [-0.4, -0.2) is 61.4 Å². The number of nitrogens with zero attached hydrogens (tertiary/aromatic N) is 2. The highest BCUT2D eigenvalue weighted by molar-refractivity contribution is 5.94. The van der Waals surface area contributed by atoms with Crippen molar-refractivity contribution in [1.29, 1.82) is 0 Å². The van der Waals surface area contributed by atoms with Crippen molar-refractivity contribution >= 4 is 17.8 Å². The lowest BCUT2D eigenvalue weighted by atomic mass is 10.1. The first-order chi connectivity index (χ1) is 14.7. The number of hydrogen-bond acceptors (Lipinski definition) is 3. The molecule has 1 saturated heterocycles. The van der Waals surface area contributed by atoms with Crippen LogP contribution in [0.5, 0.6) is 0 Å². The normalized spacial score (nSPS) is 19.7. The van der Waals surface area contributed by atoms with Gasteiger partial charge < -0.3 is 20.9 Å². The molecule has 1 saturated carbocycles. The summed E-state index contributed by atoms with van der Waals surface area (Å²) in [5, 5.41) is 9.69. The number of carbonyl (C=O) groups is 2. The number of guanidine groups is 1. The van der Waals surface area contributed by atoms with E-state index in [4.69, 9.17) is 0 Å². The van der Waals surface area contributed by atoms with Gasteiger partial charge in [-0.1, -0.05) is 31.0 Å². The van der Waals surface area contributed by atoms with Gasteiger partial charge in [0.05, 0.1) is 0 Å². The molecule has 3 rings (SSSR count). The summed E-state index contributed by atoms with van der Waals surface area (Å²) in [4.78, 5) is 31.3. The Bertz CT molecular complexity index is 716. The Morgan fingerprint density at radius 2 is 1.87 bits per heavy atom. The Kier molecular flexibility index (Phi) is 8.53. The van der Waals surface area contributed by atoms with Crippen molar-refractivity contribution in [2.75, 3.05) is 32.7 Å². The van der Waals surface area contributed by atoms with Gasteiger partial charge in [-0.25, -0.2) is 0 Å². The maximum absolute atomic E-state index is 12.6. The van der Waals surface area contributed by atoms with E-state index in [0.29, 0.717) is 24.6 Å². The van der Waals surface area contributed by atoms with Gasteiger partial charge >= 0.3 is 0 Å². The van der Waals surface area contributed by atoms with E-state index in [1.54, 1.807) is 0 Å². The fourth-order valence-electron chi connectivity index (χ4n) is 4.19. The minimum Gasteiger partial charge on any atom is -0.357 e. The molecule has 2 fully saturated rings. The summed E-state index contributed by atoms with van der Waals surface area (Å²) in [7, 11) is 0. The number of aliphatic imine (C=N–C) groups is 1. The summed E-state index contributed by atoms with van der Waals surface area (Å²) in [5.41, 5.74) is 0.675. The molecular weight excluding hydrogens is 378 g/mol. The molecule has 30 heavy (non-hydrogen) atoms. The molecule has 0 spiro atoms. The number of hydrogen-bond donors (Lipinski definition) is 3. The molecule has 2 aliphatic rings. The minimum atomic E-state index is -0.0532. The summed E-state index contributed by atoms with van der Waals surface area (Å²) >= 11 is 0. The van der Waals surface area contributed by atoms with Crippen LogP contribution < -0.4 is 16.0 Å². The number of carbonyl (C=O) groups excluding carboxylic acids is 2. The third-order valence-corrected chi connectivity index (χ3v) is 5.82. The van der Waals surface area contributed by atoms with Gasteiger partial charge in [0, 0.05) is 50.2 Å². The second-order valence-corrected chi connectivity index (χ2v) is 8.13. The minimum absolute atomic E-state index is 0.0532. The summed E-state index contributed by atoms with van der Waals surface area (Å²) in [6, 6.07) is 9.48. The fraction of sp³-hybridized carbons (Fsp3) is 0.609. The van der Waals surface area contributed by atoms with Crippen molar-refractivity contribution in [3.8, 4) is 0 Å². The van der Waals surface area contributed by atoms with Crippen LogP contribution in [0.15, 0.2) is 35.3 Å². The Balaban J connectivity index is 1.39. The van der Waals surface area contributed by atoms with E-state index >= 15 is 0 Å². The van der Waals surface area contributed by atoms with Crippen molar-refractivity contribution in [1.82, 2.24) is 20.9 Å². The molecule has 1 heterocycles. The molecule has 1 unspecified atom stereocenters. The molecule has 1 aromatic carbocycles. The molecule has 0 radical (unpaired) electrons. The van der Waals surface area contributed by atoms with E-state index in [1.807, 2.05) is 42.2 Å². The molecule has 1 aliphatic carbocycles. The lowest BCUT2D eigenvalue weighted by Gasteiger charge is -2.21. The zero-order valence-electron chi connectivity index (χ0n) is 18.0. The first-order valence-corrected chi connectivity index (χ1v) is 11.3. The van der Waals surface area contributed by atoms with Gasteiger partial charge in [-0.3, -0.25) is 14.6 Å². The molecular formula is C23H35N5O2. The van der Waals surface area contributed by atoms with Crippen LogP contribution in [0.3, 0.4) is 0 Å². The van der Waals surface area contributed by atoms with Gasteiger partial charge in [0.25, 0.3) is 5.91 Å². The average molecular weight is 414 g/mol. The lowest BCUT2D eigenvalue weighted by Crippen LogP contribution is -2.45. The van der Waals surface area contributed by atoms with Gasteiger partial charge in [0.15, 0.2) is 5.96 Å². The number of amides is 2. The molecule has 0 bridgehead atoms. The van der Waals surface area contributed by atoms with Gasteiger partial charge in [0.1, 0.15) is 0 Å². The average Bonchev–Trinajstić information content (AvgIpc) is 3.46. The molecule has 3 N–H and O–H groups in total. The predicted molar refractivity (Wildman–Crippen MR) is 119 cm³/mol. The molecule has 2 amide bonds. The van der Waals surface area contributed by atoms with Crippen LogP contribution in [0.25, 0.3) is 0 Å². The molecule has 7 nitrogen and oxygen atoms in total. The van der Waals surface area contributed by atoms with E-state index in [0.717, 1.165) is 51.3 Å². The van der Waals surface area contributed by atoms with Crippen LogP contribution in [0, 0.1) is 5.92 Å². The van der Waals surface area contributed by atoms with E-state index < -0.39 is 0 Å². The zero-order chi connectivity index (χ0) is 21.2. The molecule has 1 aliphatic heterocycles. The van der Waals surface area contributed by atoms with Gasteiger partial charge in [0.2, 0.25) is 5.91 Å². The highest BCUT2D eigenvalue weighted by Crippen LogP contribution is 2.27. The predicted octanol–water partition coefficient (Wildman–Crippen LogP) is 2.15. The van der Waals surface area contributed by atoms with Crippen molar-refractivity contribution in [3.05, 3.63) is 35.9 Å². The third-order valence-electron chi connectivity index (χ3n) is 5.82. The molecule has 7 heteroatoms. The second kappa shape index (κ2) is 11.6. The van der Waals surface area contributed by atoms with Crippen molar-refractivity contribution in [3.63, 3.8) is 0 Å².